The molecule has 0 aromatic heterocycles. The van der Waals surface area contributed by atoms with E-state index in [9.17, 15) is 10.1 Å². The lowest BCUT2D eigenvalue weighted by molar-refractivity contribution is -0.385. The van der Waals surface area contributed by atoms with Gasteiger partial charge in [0.2, 0.25) is 0 Å². The molecule has 2 aliphatic heterocycles. The summed E-state index contributed by atoms with van der Waals surface area (Å²) < 4.78 is 0. The molecule has 0 spiro atoms. The molecule has 1 atom stereocenters. The third-order valence-corrected chi connectivity index (χ3v) is 5.24. The Balaban J connectivity index is 1.64. The monoisotopic (exact) mass is 332 g/mol. The van der Waals surface area contributed by atoms with Gasteiger partial charge >= 0.3 is 0 Å². The van der Waals surface area contributed by atoms with Crippen LogP contribution < -0.4 is 5.32 Å². The average molecular weight is 332 g/mol. The fourth-order valence-electron chi connectivity index (χ4n) is 3.89. The van der Waals surface area contributed by atoms with Gasteiger partial charge < -0.3 is 5.32 Å². The third kappa shape index (κ3) is 3.94. The summed E-state index contributed by atoms with van der Waals surface area (Å²) in [6, 6.07) is 6.40. The smallest absolute Gasteiger partial charge is 0.273 e. The largest absolute Gasteiger partial charge is 0.314 e. The first-order valence-electron chi connectivity index (χ1n) is 8.99. The number of likely N-dealkylation sites (tertiary alicyclic amines) is 1. The van der Waals surface area contributed by atoms with Gasteiger partial charge in [-0.1, -0.05) is 26.0 Å². The van der Waals surface area contributed by atoms with Crippen molar-refractivity contribution >= 4 is 5.69 Å². The van der Waals surface area contributed by atoms with Crippen molar-refractivity contribution in [1.82, 2.24) is 15.1 Å². The van der Waals surface area contributed by atoms with E-state index in [0.29, 0.717) is 6.04 Å². The first-order chi connectivity index (χ1) is 11.5. The van der Waals surface area contributed by atoms with Crippen molar-refractivity contribution in [2.75, 3.05) is 39.3 Å². The molecule has 1 N–H and O–H groups in total. The Morgan fingerprint density at radius 2 is 2.04 bits per heavy atom. The fourth-order valence-corrected chi connectivity index (χ4v) is 3.89. The quantitative estimate of drug-likeness (QED) is 0.661. The number of hydrogen-bond acceptors (Lipinski definition) is 5. The highest BCUT2D eigenvalue weighted by molar-refractivity contribution is 5.45. The second-order valence-electron chi connectivity index (χ2n) is 7.27. The number of nitrogens with zero attached hydrogens (tertiary/aromatic N) is 3. The number of piperazine rings is 1. The fraction of sp³-hybridized carbons (Fsp3) is 0.667. The van der Waals surface area contributed by atoms with Gasteiger partial charge in [0.05, 0.1) is 4.92 Å². The number of nitro benzene ring substituents is 1. The summed E-state index contributed by atoms with van der Waals surface area (Å²) in [5, 5.41) is 14.8. The molecule has 3 rings (SSSR count). The number of nitrogens with one attached hydrogen (secondary N) is 1. The predicted octanol–water partition coefficient (Wildman–Crippen LogP) is 2.20. The van der Waals surface area contributed by atoms with E-state index in [4.69, 9.17) is 0 Å². The summed E-state index contributed by atoms with van der Waals surface area (Å²) in [6.45, 7) is 11.4. The van der Waals surface area contributed by atoms with Crippen molar-refractivity contribution in [3.63, 3.8) is 0 Å². The number of rotatable bonds is 5. The van der Waals surface area contributed by atoms with Crippen LogP contribution in [-0.2, 0) is 6.54 Å². The number of hydrogen-bond donors (Lipinski definition) is 1. The highest BCUT2D eigenvalue weighted by Crippen LogP contribution is 2.28. The van der Waals surface area contributed by atoms with Crippen molar-refractivity contribution in [2.45, 2.75) is 38.8 Å². The van der Waals surface area contributed by atoms with Crippen molar-refractivity contribution in [3.05, 3.63) is 39.4 Å². The molecule has 24 heavy (non-hydrogen) atoms. The first-order valence-corrected chi connectivity index (χ1v) is 8.99. The molecule has 0 bridgehead atoms. The molecule has 2 aliphatic rings. The normalized spacial score (nSPS) is 23.0. The highest BCUT2D eigenvalue weighted by Gasteiger charge is 2.28. The van der Waals surface area contributed by atoms with Crippen molar-refractivity contribution in [1.29, 1.82) is 0 Å². The number of benzene rings is 1. The summed E-state index contributed by atoms with van der Waals surface area (Å²) >= 11 is 0. The third-order valence-electron chi connectivity index (χ3n) is 5.24. The lowest BCUT2D eigenvalue weighted by atomic mass is 9.99. The van der Waals surface area contributed by atoms with Crippen LogP contribution in [0.15, 0.2) is 18.2 Å². The van der Waals surface area contributed by atoms with Crippen molar-refractivity contribution in [2.24, 2.45) is 0 Å². The van der Waals surface area contributed by atoms with E-state index >= 15 is 0 Å². The van der Waals surface area contributed by atoms with Crippen molar-refractivity contribution in [3.8, 4) is 0 Å². The summed E-state index contributed by atoms with van der Waals surface area (Å²) in [5.74, 6) is 0.170. The Morgan fingerprint density at radius 3 is 2.71 bits per heavy atom. The molecule has 2 fully saturated rings. The van der Waals surface area contributed by atoms with Gasteiger partial charge in [0.15, 0.2) is 0 Å². The van der Waals surface area contributed by atoms with E-state index in [1.165, 1.54) is 6.42 Å². The Morgan fingerprint density at radius 1 is 1.29 bits per heavy atom. The molecule has 2 saturated heterocycles. The minimum absolute atomic E-state index is 0.170. The lowest BCUT2D eigenvalue weighted by Gasteiger charge is -2.32. The van der Waals surface area contributed by atoms with Crippen LogP contribution in [0, 0.1) is 10.1 Å². The zero-order valence-electron chi connectivity index (χ0n) is 14.7. The van der Waals surface area contributed by atoms with Gasteiger partial charge in [0, 0.05) is 63.5 Å². The Hall–Kier alpha value is -1.50. The van der Waals surface area contributed by atoms with Crippen LogP contribution in [0.25, 0.3) is 0 Å². The average Bonchev–Trinajstić information content (AvgIpc) is 3.04. The summed E-state index contributed by atoms with van der Waals surface area (Å²) in [4.78, 5) is 16.1. The Bertz CT molecular complexity index is 584. The topological polar surface area (TPSA) is 61.6 Å². The van der Waals surface area contributed by atoms with E-state index in [-0.39, 0.29) is 16.5 Å². The zero-order chi connectivity index (χ0) is 17.1. The predicted molar refractivity (Wildman–Crippen MR) is 95.3 cm³/mol. The molecule has 132 valence electrons. The molecule has 6 nitrogen and oxygen atoms in total. The minimum atomic E-state index is -0.244. The minimum Gasteiger partial charge on any atom is -0.314 e. The second kappa shape index (κ2) is 7.59. The zero-order valence-corrected chi connectivity index (χ0v) is 14.7. The summed E-state index contributed by atoms with van der Waals surface area (Å²) in [5.41, 5.74) is 2.14. The van der Waals surface area contributed by atoms with Crippen LogP contribution in [0.1, 0.15) is 37.3 Å². The van der Waals surface area contributed by atoms with E-state index < -0.39 is 0 Å². The highest BCUT2D eigenvalue weighted by atomic mass is 16.6. The van der Waals surface area contributed by atoms with Crippen LogP contribution >= 0.6 is 0 Å². The van der Waals surface area contributed by atoms with Gasteiger partial charge in [-0.3, -0.25) is 19.9 Å². The molecule has 0 saturated carbocycles. The lowest BCUT2D eigenvalue weighted by Crippen LogP contribution is -2.49. The second-order valence-corrected chi connectivity index (χ2v) is 7.27. The van der Waals surface area contributed by atoms with Gasteiger partial charge in [-0.25, -0.2) is 0 Å². The van der Waals surface area contributed by atoms with E-state index in [1.54, 1.807) is 6.07 Å². The summed E-state index contributed by atoms with van der Waals surface area (Å²) in [7, 11) is 0. The molecule has 0 amide bonds. The van der Waals surface area contributed by atoms with E-state index in [1.807, 2.05) is 19.9 Å². The van der Waals surface area contributed by atoms with Gasteiger partial charge in [0.25, 0.3) is 5.69 Å². The molecule has 1 aromatic carbocycles. The van der Waals surface area contributed by atoms with Crippen LogP contribution in [0.4, 0.5) is 5.69 Å². The molecule has 0 radical (unpaired) electrons. The molecule has 1 unspecified atom stereocenters. The van der Waals surface area contributed by atoms with E-state index in [0.717, 1.165) is 56.9 Å². The maximum Gasteiger partial charge on any atom is 0.273 e. The number of nitro groups is 1. The molecule has 6 heteroatoms. The van der Waals surface area contributed by atoms with Crippen LogP contribution in [0.5, 0.6) is 0 Å². The molecular weight excluding hydrogens is 304 g/mol. The van der Waals surface area contributed by atoms with Gasteiger partial charge in [-0.05, 0) is 17.9 Å². The SMILES string of the molecule is CC(C)c1ccc(CN2CCC(N3CCNCC3)C2)cc1[N+](=O)[O-]. The van der Waals surface area contributed by atoms with Crippen molar-refractivity contribution < 1.29 is 4.92 Å². The maximum absolute atomic E-state index is 11.4. The van der Waals surface area contributed by atoms with Crippen LogP contribution in [-0.4, -0.2) is 60.0 Å². The molecule has 1 aromatic rings. The van der Waals surface area contributed by atoms with E-state index in [2.05, 4.69) is 21.2 Å². The van der Waals surface area contributed by atoms with Crippen LogP contribution in [0.3, 0.4) is 0 Å². The molecular formula is C18H28N4O2. The first kappa shape index (κ1) is 17.3. The Kier molecular flexibility index (Phi) is 5.48. The van der Waals surface area contributed by atoms with Gasteiger partial charge in [-0.15, -0.1) is 0 Å². The summed E-state index contributed by atoms with van der Waals surface area (Å²) in [6.07, 6.45) is 1.20. The molecule has 2 heterocycles. The van der Waals surface area contributed by atoms with Gasteiger partial charge in [-0.2, -0.15) is 0 Å². The Labute approximate surface area is 144 Å². The van der Waals surface area contributed by atoms with Crippen LogP contribution in [0.2, 0.25) is 0 Å². The standard InChI is InChI=1S/C18H28N4O2/c1-14(2)17-4-3-15(11-18(17)22(23)24)12-20-8-5-16(13-20)21-9-6-19-7-10-21/h3-4,11,14,16,19H,5-10,12-13H2,1-2H3. The maximum atomic E-state index is 11.4. The molecule has 0 aliphatic carbocycles. The van der Waals surface area contributed by atoms with Gasteiger partial charge in [0.1, 0.15) is 0 Å².